The quantitative estimate of drug-likeness (QED) is 0.271. The summed E-state index contributed by atoms with van der Waals surface area (Å²) in [5, 5.41) is 1.55. The first kappa shape index (κ1) is 24.9. The number of aromatic nitrogens is 4. The molecular formula is C26H27ClFN5OSSi. The normalized spacial score (nSPS) is 18.5. The lowest BCUT2D eigenvalue weighted by Crippen LogP contribution is -2.67. The van der Waals surface area contributed by atoms with Gasteiger partial charge in [-0.05, 0) is 21.5 Å². The van der Waals surface area contributed by atoms with Crippen molar-refractivity contribution in [3.05, 3.63) is 84.0 Å². The second-order valence-electron chi connectivity index (χ2n) is 9.75. The van der Waals surface area contributed by atoms with E-state index in [4.69, 9.17) is 21.8 Å². The third-order valence-electron chi connectivity index (χ3n) is 6.41. The highest BCUT2D eigenvalue weighted by Crippen LogP contribution is 2.45. The second-order valence-corrected chi connectivity index (χ2v) is 15.7. The van der Waals surface area contributed by atoms with Gasteiger partial charge in [-0.25, -0.2) is 9.37 Å². The molecule has 1 aliphatic rings. The minimum absolute atomic E-state index is 0.0215. The van der Waals surface area contributed by atoms with Gasteiger partial charge < -0.3 is 10.2 Å². The summed E-state index contributed by atoms with van der Waals surface area (Å²) in [6.45, 7) is 7.05. The van der Waals surface area contributed by atoms with Crippen molar-refractivity contribution >= 4 is 59.2 Å². The Kier molecular flexibility index (Phi) is 6.67. The molecule has 0 amide bonds. The van der Waals surface area contributed by atoms with Crippen LogP contribution in [0, 0.1) is 0 Å². The monoisotopic (exact) mass is 539 g/mol. The zero-order valence-electron chi connectivity index (χ0n) is 20.2. The van der Waals surface area contributed by atoms with Crippen LogP contribution in [0.1, 0.15) is 26.1 Å². The maximum absolute atomic E-state index is 15.3. The van der Waals surface area contributed by atoms with Crippen molar-refractivity contribution in [1.29, 1.82) is 0 Å². The van der Waals surface area contributed by atoms with E-state index < -0.39 is 13.7 Å². The number of nitrogen functional groups attached to an aromatic ring is 1. The molecule has 2 atom stereocenters. The van der Waals surface area contributed by atoms with Crippen molar-refractivity contribution in [1.82, 2.24) is 19.5 Å². The molecular weight excluding hydrogens is 513 g/mol. The zero-order valence-corrected chi connectivity index (χ0v) is 22.8. The van der Waals surface area contributed by atoms with Gasteiger partial charge in [-0.2, -0.15) is 9.97 Å². The average molecular weight is 540 g/mol. The molecule has 0 bridgehead atoms. The van der Waals surface area contributed by atoms with E-state index in [1.54, 1.807) is 10.6 Å². The van der Waals surface area contributed by atoms with E-state index in [0.717, 1.165) is 0 Å². The Bertz CT molecular complexity index is 1370. The van der Waals surface area contributed by atoms with Gasteiger partial charge >= 0.3 is 0 Å². The third kappa shape index (κ3) is 4.34. The number of benzene rings is 2. The second kappa shape index (κ2) is 9.62. The fraction of sp³-hybridized carbons (Fsp3) is 0.269. The molecule has 3 heterocycles. The molecule has 0 saturated heterocycles. The highest BCUT2D eigenvalue weighted by atomic mass is 35.5. The van der Waals surface area contributed by atoms with Gasteiger partial charge in [-0.3, -0.25) is 4.57 Å². The fourth-order valence-electron chi connectivity index (χ4n) is 4.85. The number of anilines is 1. The van der Waals surface area contributed by atoms with Gasteiger partial charge in [-0.1, -0.05) is 93.0 Å². The van der Waals surface area contributed by atoms with E-state index in [2.05, 4.69) is 84.3 Å². The predicted octanol–water partition coefficient (Wildman–Crippen LogP) is 5.11. The topological polar surface area (TPSA) is 78.8 Å². The Morgan fingerprint density at radius 2 is 1.67 bits per heavy atom. The minimum atomic E-state index is -2.72. The van der Waals surface area contributed by atoms with Crippen LogP contribution in [0.4, 0.5) is 10.3 Å². The van der Waals surface area contributed by atoms with Crippen LogP contribution in [0.15, 0.2) is 78.9 Å². The van der Waals surface area contributed by atoms with Gasteiger partial charge in [-0.15, -0.1) is 11.8 Å². The van der Waals surface area contributed by atoms with E-state index >= 15 is 4.39 Å². The average Bonchev–Trinajstić information content (AvgIpc) is 3.43. The number of hydrogen-bond acceptors (Lipinski definition) is 6. The first-order valence-electron chi connectivity index (χ1n) is 11.6. The number of nitrogens with two attached hydrogens (primary N) is 1. The largest absolute Gasteiger partial charge is 0.406 e. The van der Waals surface area contributed by atoms with Crippen LogP contribution >= 0.6 is 23.4 Å². The summed E-state index contributed by atoms with van der Waals surface area (Å²) in [6, 6.07) is 20.8. The lowest BCUT2D eigenvalue weighted by Gasteiger charge is -2.43. The molecule has 2 N–H and O–H groups in total. The summed E-state index contributed by atoms with van der Waals surface area (Å²) in [5.41, 5.74) is 6.58. The molecule has 6 nitrogen and oxygen atoms in total. The van der Waals surface area contributed by atoms with Crippen molar-refractivity contribution in [2.45, 2.75) is 36.4 Å². The Morgan fingerprint density at radius 3 is 2.25 bits per heavy atom. The van der Waals surface area contributed by atoms with E-state index in [1.807, 2.05) is 12.1 Å². The summed E-state index contributed by atoms with van der Waals surface area (Å²) in [7, 11) is -2.72. The number of thioether (sulfide) groups is 1. The molecule has 1 aliphatic heterocycles. The van der Waals surface area contributed by atoms with E-state index in [1.165, 1.54) is 28.5 Å². The van der Waals surface area contributed by atoms with Crippen LogP contribution in [-0.2, 0) is 4.43 Å². The van der Waals surface area contributed by atoms with Gasteiger partial charge in [0.15, 0.2) is 10.8 Å². The summed E-state index contributed by atoms with van der Waals surface area (Å²) in [6.07, 6.45) is 3.16. The molecule has 2 aromatic heterocycles. The van der Waals surface area contributed by atoms with Crippen LogP contribution in [-0.4, -0.2) is 39.7 Å². The number of hydrogen-bond donors (Lipinski definition) is 1. The highest BCUT2D eigenvalue weighted by molar-refractivity contribution is 8.00. The zero-order chi connectivity index (χ0) is 25.5. The SMILES string of the molecule is CC(C)(C)[Si](OC[C@H]1C=C(F)[C@@H](n2cnc3c(Cl)nc(N)nc32)S1)(c1ccccc1)c1ccccc1. The van der Waals surface area contributed by atoms with Crippen molar-refractivity contribution in [3.63, 3.8) is 0 Å². The van der Waals surface area contributed by atoms with Crippen LogP contribution in [0.5, 0.6) is 0 Å². The minimum Gasteiger partial charge on any atom is -0.406 e. The molecule has 10 heteroatoms. The Labute approximate surface area is 219 Å². The number of nitrogens with zero attached hydrogens (tertiary/aromatic N) is 4. The lowest BCUT2D eigenvalue weighted by molar-refractivity contribution is 0.308. The fourth-order valence-corrected chi connectivity index (χ4v) is 11.0. The Morgan fingerprint density at radius 1 is 1.06 bits per heavy atom. The highest BCUT2D eigenvalue weighted by Gasteiger charge is 2.50. The van der Waals surface area contributed by atoms with Gasteiger partial charge in [0.25, 0.3) is 8.32 Å². The summed E-state index contributed by atoms with van der Waals surface area (Å²) in [4.78, 5) is 12.5. The Balaban J connectivity index is 1.46. The molecule has 4 aromatic rings. The van der Waals surface area contributed by atoms with Crippen molar-refractivity contribution in [3.8, 4) is 0 Å². The number of rotatable bonds is 6. The van der Waals surface area contributed by atoms with Gasteiger partial charge in [0, 0.05) is 0 Å². The molecule has 5 rings (SSSR count). The molecule has 186 valence electrons. The predicted molar refractivity (Wildman–Crippen MR) is 148 cm³/mol. The summed E-state index contributed by atoms with van der Waals surface area (Å²) >= 11 is 7.62. The molecule has 0 spiro atoms. The van der Waals surface area contributed by atoms with Gasteiger partial charge in [0.1, 0.15) is 16.7 Å². The van der Waals surface area contributed by atoms with Crippen LogP contribution in [0.2, 0.25) is 10.2 Å². The van der Waals surface area contributed by atoms with Crippen LogP contribution < -0.4 is 16.1 Å². The van der Waals surface area contributed by atoms with Crippen molar-refractivity contribution in [2.24, 2.45) is 0 Å². The van der Waals surface area contributed by atoms with E-state index in [0.29, 0.717) is 17.8 Å². The molecule has 0 fully saturated rings. The maximum atomic E-state index is 15.3. The van der Waals surface area contributed by atoms with Crippen LogP contribution in [0.3, 0.4) is 0 Å². The van der Waals surface area contributed by atoms with Gasteiger partial charge in [0.2, 0.25) is 5.95 Å². The molecule has 0 unspecified atom stereocenters. The lowest BCUT2D eigenvalue weighted by atomic mass is 10.2. The third-order valence-corrected chi connectivity index (χ3v) is 13.0. The summed E-state index contributed by atoms with van der Waals surface area (Å²) < 4.78 is 23.9. The Hall–Kier alpha value is -2.72. The molecule has 36 heavy (non-hydrogen) atoms. The number of imidazole rings is 1. The van der Waals surface area contributed by atoms with Gasteiger partial charge in [0.05, 0.1) is 18.2 Å². The van der Waals surface area contributed by atoms with Crippen molar-refractivity contribution in [2.75, 3.05) is 12.3 Å². The van der Waals surface area contributed by atoms with Crippen LogP contribution in [0.25, 0.3) is 11.2 Å². The van der Waals surface area contributed by atoms with E-state index in [9.17, 15) is 0 Å². The first-order valence-corrected chi connectivity index (χ1v) is 14.9. The number of halogens is 2. The molecule has 0 saturated carbocycles. The van der Waals surface area contributed by atoms with E-state index in [-0.39, 0.29) is 27.2 Å². The number of fused-ring (bicyclic) bond motifs is 1. The van der Waals surface area contributed by atoms with Crippen molar-refractivity contribution < 1.29 is 8.82 Å². The maximum Gasteiger partial charge on any atom is 0.261 e. The standard InChI is InChI=1S/C26H27ClFN5OSSi/c1-26(2,3)36(18-10-6-4-7-11-18,19-12-8-5-9-13-19)34-15-17-14-20(28)24(35-17)33-16-30-21-22(27)31-25(29)32-23(21)33/h4-14,16-17,24H,15H2,1-3H3,(H2,29,31,32)/t17-,24+/m1/s1. The molecule has 2 aromatic carbocycles. The summed E-state index contributed by atoms with van der Waals surface area (Å²) in [5.74, 6) is -0.253. The first-order chi connectivity index (χ1) is 17.2. The molecule has 0 radical (unpaired) electrons. The smallest absolute Gasteiger partial charge is 0.261 e. The molecule has 0 aliphatic carbocycles.